The van der Waals surface area contributed by atoms with Crippen LogP contribution in [0.25, 0.3) is 0 Å². The molecule has 8 heteroatoms. The van der Waals surface area contributed by atoms with Gasteiger partial charge < -0.3 is 20.1 Å². The zero-order chi connectivity index (χ0) is 20.1. The first kappa shape index (κ1) is 20.0. The summed E-state index contributed by atoms with van der Waals surface area (Å²) in [5, 5.41) is 5.68. The molecule has 28 heavy (non-hydrogen) atoms. The standard InChI is InChI=1S/C20H27N3O5/c1-27-16-9-7-13(11-17(16)28-2)12-23-19(25)15(22-20(23)26)8-10-18(24)21-14-5-3-4-6-14/h7,9,11,14-15H,3-6,8,10,12H2,1-2H3,(H,21,24)(H,22,26)/t15-/m0/s1. The maximum absolute atomic E-state index is 12.6. The smallest absolute Gasteiger partial charge is 0.325 e. The minimum Gasteiger partial charge on any atom is -0.493 e. The van der Waals surface area contributed by atoms with Crippen LogP contribution in [0.2, 0.25) is 0 Å². The highest BCUT2D eigenvalue weighted by atomic mass is 16.5. The summed E-state index contributed by atoms with van der Waals surface area (Å²) in [7, 11) is 3.07. The van der Waals surface area contributed by atoms with Gasteiger partial charge in [0.15, 0.2) is 11.5 Å². The SMILES string of the molecule is COc1ccc(CN2C(=O)N[C@@H](CCC(=O)NC3CCCC3)C2=O)cc1OC. The highest BCUT2D eigenvalue weighted by molar-refractivity contribution is 6.04. The molecule has 1 saturated heterocycles. The molecule has 1 heterocycles. The van der Waals surface area contributed by atoms with Gasteiger partial charge in [-0.25, -0.2) is 4.79 Å². The fourth-order valence-corrected chi connectivity index (χ4v) is 3.73. The lowest BCUT2D eigenvalue weighted by atomic mass is 10.1. The third kappa shape index (κ3) is 4.55. The Morgan fingerprint density at radius 3 is 2.57 bits per heavy atom. The van der Waals surface area contributed by atoms with Gasteiger partial charge in [0.25, 0.3) is 5.91 Å². The van der Waals surface area contributed by atoms with Gasteiger partial charge >= 0.3 is 6.03 Å². The number of nitrogens with zero attached hydrogens (tertiary/aromatic N) is 1. The molecule has 152 valence electrons. The molecule has 8 nitrogen and oxygen atoms in total. The molecule has 1 aromatic carbocycles. The predicted octanol–water partition coefficient (Wildman–Crippen LogP) is 1.96. The first-order valence-corrected chi connectivity index (χ1v) is 9.64. The molecule has 1 aliphatic carbocycles. The number of benzene rings is 1. The molecule has 0 spiro atoms. The number of nitrogens with one attached hydrogen (secondary N) is 2. The molecule has 3 rings (SSSR count). The van der Waals surface area contributed by atoms with Crippen molar-refractivity contribution in [3.63, 3.8) is 0 Å². The summed E-state index contributed by atoms with van der Waals surface area (Å²) in [5.74, 6) is 0.738. The summed E-state index contributed by atoms with van der Waals surface area (Å²) in [6.07, 6.45) is 4.84. The minimum absolute atomic E-state index is 0.0627. The lowest BCUT2D eigenvalue weighted by Gasteiger charge is -2.15. The van der Waals surface area contributed by atoms with Gasteiger partial charge in [0.05, 0.1) is 20.8 Å². The number of imide groups is 1. The van der Waals surface area contributed by atoms with Gasteiger partial charge in [-0.1, -0.05) is 18.9 Å². The molecule has 0 radical (unpaired) electrons. The summed E-state index contributed by atoms with van der Waals surface area (Å²) >= 11 is 0. The van der Waals surface area contributed by atoms with Gasteiger partial charge in [-0.15, -0.1) is 0 Å². The molecular formula is C20H27N3O5. The molecule has 1 saturated carbocycles. The first-order valence-electron chi connectivity index (χ1n) is 9.64. The minimum atomic E-state index is -0.665. The monoisotopic (exact) mass is 389 g/mol. The number of hydrogen-bond acceptors (Lipinski definition) is 5. The highest BCUT2D eigenvalue weighted by Gasteiger charge is 2.38. The van der Waals surface area contributed by atoms with E-state index >= 15 is 0 Å². The molecule has 2 aliphatic rings. The van der Waals surface area contributed by atoms with E-state index < -0.39 is 12.1 Å². The van der Waals surface area contributed by atoms with Crippen molar-refractivity contribution >= 4 is 17.8 Å². The number of methoxy groups -OCH3 is 2. The largest absolute Gasteiger partial charge is 0.493 e. The van der Waals surface area contributed by atoms with Crippen molar-refractivity contribution in [1.82, 2.24) is 15.5 Å². The first-order chi connectivity index (χ1) is 13.5. The second-order valence-electron chi connectivity index (χ2n) is 7.20. The molecule has 2 N–H and O–H groups in total. The van der Waals surface area contributed by atoms with E-state index in [1.54, 1.807) is 25.3 Å². The van der Waals surface area contributed by atoms with Crippen LogP contribution in [0.3, 0.4) is 0 Å². The second kappa shape index (κ2) is 8.95. The Hall–Kier alpha value is -2.77. The van der Waals surface area contributed by atoms with E-state index in [2.05, 4.69) is 10.6 Å². The van der Waals surface area contributed by atoms with Gasteiger partial charge in [0, 0.05) is 12.5 Å². The lowest BCUT2D eigenvalue weighted by Crippen LogP contribution is -2.35. The van der Waals surface area contributed by atoms with Crippen LogP contribution in [0.5, 0.6) is 11.5 Å². The third-order valence-electron chi connectivity index (χ3n) is 5.28. The predicted molar refractivity (Wildman–Crippen MR) is 102 cm³/mol. The summed E-state index contributed by atoms with van der Waals surface area (Å²) in [4.78, 5) is 38.1. The van der Waals surface area contributed by atoms with E-state index in [0.29, 0.717) is 17.9 Å². The van der Waals surface area contributed by atoms with Gasteiger partial charge in [-0.2, -0.15) is 0 Å². The Morgan fingerprint density at radius 2 is 1.89 bits per heavy atom. The highest BCUT2D eigenvalue weighted by Crippen LogP contribution is 2.28. The van der Waals surface area contributed by atoms with Crippen molar-refractivity contribution in [2.75, 3.05) is 14.2 Å². The number of carbonyl (C=O) groups excluding carboxylic acids is 3. The average Bonchev–Trinajstić information content (AvgIpc) is 3.29. The van der Waals surface area contributed by atoms with Gasteiger partial charge in [0.1, 0.15) is 6.04 Å². The number of hydrogen-bond donors (Lipinski definition) is 2. The maximum atomic E-state index is 12.6. The Labute approximate surface area is 164 Å². The summed E-state index contributed by atoms with van der Waals surface area (Å²) in [5.41, 5.74) is 0.751. The number of carbonyl (C=O) groups is 3. The van der Waals surface area contributed by atoms with Crippen molar-refractivity contribution in [1.29, 1.82) is 0 Å². The van der Waals surface area contributed by atoms with Crippen LogP contribution in [0.4, 0.5) is 4.79 Å². The fraction of sp³-hybridized carbons (Fsp3) is 0.550. The normalized spacial score (nSPS) is 19.6. The van der Waals surface area contributed by atoms with Crippen molar-refractivity contribution in [2.45, 2.75) is 57.2 Å². The molecular weight excluding hydrogens is 362 g/mol. The topological polar surface area (TPSA) is 97.0 Å². The summed E-state index contributed by atoms with van der Waals surface area (Å²) < 4.78 is 10.5. The van der Waals surface area contributed by atoms with Crippen molar-refractivity contribution in [2.24, 2.45) is 0 Å². The van der Waals surface area contributed by atoms with Crippen LogP contribution in [0.1, 0.15) is 44.1 Å². The summed E-state index contributed by atoms with van der Waals surface area (Å²) in [6.45, 7) is 0.135. The molecule has 0 unspecified atom stereocenters. The average molecular weight is 389 g/mol. The van der Waals surface area contributed by atoms with Crippen molar-refractivity contribution in [3.8, 4) is 11.5 Å². The number of ether oxygens (including phenoxy) is 2. The van der Waals surface area contributed by atoms with Gasteiger partial charge in [-0.3, -0.25) is 14.5 Å². The zero-order valence-corrected chi connectivity index (χ0v) is 16.3. The van der Waals surface area contributed by atoms with E-state index in [-0.39, 0.29) is 30.8 Å². The molecule has 0 aromatic heterocycles. The fourth-order valence-electron chi connectivity index (χ4n) is 3.73. The van der Waals surface area contributed by atoms with E-state index in [1.807, 2.05) is 0 Å². The molecule has 1 aromatic rings. The maximum Gasteiger partial charge on any atom is 0.325 e. The molecule has 1 atom stereocenters. The molecule has 0 bridgehead atoms. The van der Waals surface area contributed by atoms with Crippen LogP contribution in [0.15, 0.2) is 18.2 Å². The number of rotatable bonds is 8. The lowest BCUT2D eigenvalue weighted by molar-refractivity contribution is -0.128. The van der Waals surface area contributed by atoms with Crippen LogP contribution < -0.4 is 20.1 Å². The van der Waals surface area contributed by atoms with E-state index in [9.17, 15) is 14.4 Å². The van der Waals surface area contributed by atoms with Crippen LogP contribution in [-0.4, -0.2) is 49.0 Å². The van der Waals surface area contributed by atoms with Gasteiger partial charge in [-0.05, 0) is 37.0 Å². The number of amides is 4. The number of urea groups is 1. The van der Waals surface area contributed by atoms with Gasteiger partial charge in [0.2, 0.25) is 5.91 Å². The third-order valence-corrected chi connectivity index (χ3v) is 5.28. The summed E-state index contributed by atoms with van der Waals surface area (Å²) in [6, 6.07) is 4.40. The Balaban J connectivity index is 1.55. The van der Waals surface area contributed by atoms with E-state index in [4.69, 9.17) is 9.47 Å². The zero-order valence-electron chi connectivity index (χ0n) is 16.3. The molecule has 2 fully saturated rings. The molecule has 4 amide bonds. The van der Waals surface area contributed by atoms with Crippen molar-refractivity contribution in [3.05, 3.63) is 23.8 Å². The van der Waals surface area contributed by atoms with Crippen LogP contribution >= 0.6 is 0 Å². The van der Waals surface area contributed by atoms with Crippen LogP contribution in [0, 0.1) is 0 Å². The Morgan fingerprint density at radius 1 is 1.18 bits per heavy atom. The van der Waals surface area contributed by atoms with Crippen LogP contribution in [-0.2, 0) is 16.1 Å². The molecule has 1 aliphatic heterocycles. The Kier molecular flexibility index (Phi) is 6.38. The second-order valence-corrected chi connectivity index (χ2v) is 7.20. The Bertz CT molecular complexity index is 745. The van der Waals surface area contributed by atoms with E-state index in [0.717, 1.165) is 31.2 Å². The van der Waals surface area contributed by atoms with E-state index in [1.165, 1.54) is 12.0 Å². The quantitative estimate of drug-likeness (QED) is 0.663. The van der Waals surface area contributed by atoms with Crippen molar-refractivity contribution < 1.29 is 23.9 Å².